The van der Waals surface area contributed by atoms with Gasteiger partial charge in [0, 0.05) is 28.2 Å². The van der Waals surface area contributed by atoms with E-state index >= 15 is 0 Å². The van der Waals surface area contributed by atoms with Gasteiger partial charge in [-0.1, -0.05) is 30.3 Å². The molecule has 19 heavy (non-hydrogen) atoms. The van der Waals surface area contributed by atoms with Crippen molar-refractivity contribution in [3.8, 4) is 22.6 Å². The SMILES string of the molecule is COc1cccc(-c2c[nH]c3ccccc23)c1OC. The molecule has 2 aromatic carbocycles. The number of fused-ring (bicyclic) bond motifs is 1. The fourth-order valence-electron chi connectivity index (χ4n) is 2.39. The lowest BCUT2D eigenvalue weighted by molar-refractivity contribution is 0.356. The Morgan fingerprint density at radius 1 is 0.842 bits per heavy atom. The van der Waals surface area contributed by atoms with Gasteiger partial charge in [0.2, 0.25) is 0 Å². The van der Waals surface area contributed by atoms with Gasteiger partial charge in [-0.05, 0) is 12.1 Å². The molecule has 0 radical (unpaired) electrons. The van der Waals surface area contributed by atoms with Gasteiger partial charge < -0.3 is 14.5 Å². The van der Waals surface area contributed by atoms with Gasteiger partial charge >= 0.3 is 0 Å². The van der Waals surface area contributed by atoms with E-state index in [-0.39, 0.29) is 0 Å². The van der Waals surface area contributed by atoms with E-state index in [0.29, 0.717) is 0 Å². The van der Waals surface area contributed by atoms with Crippen molar-refractivity contribution in [3.05, 3.63) is 48.7 Å². The molecule has 3 heteroatoms. The van der Waals surface area contributed by atoms with Crippen molar-refractivity contribution in [2.24, 2.45) is 0 Å². The van der Waals surface area contributed by atoms with Gasteiger partial charge in [0.1, 0.15) is 0 Å². The van der Waals surface area contributed by atoms with Crippen molar-refractivity contribution in [3.63, 3.8) is 0 Å². The molecule has 96 valence electrons. The lowest BCUT2D eigenvalue weighted by Crippen LogP contribution is -1.92. The first-order chi connectivity index (χ1) is 9.35. The smallest absolute Gasteiger partial charge is 0.168 e. The van der Waals surface area contributed by atoms with Crippen LogP contribution in [0.2, 0.25) is 0 Å². The molecule has 0 aliphatic heterocycles. The average Bonchev–Trinajstić information content (AvgIpc) is 2.90. The Balaban J connectivity index is 2.27. The summed E-state index contributed by atoms with van der Waals surface area (Å²) in [5, 5.41) is 1.18. The first-order valence-corrected chi connectivity index (χ1v) is 6.12. The number of nitrogens with one attached hydrogen (secondary N) is 1. The van der Waals surface area contributed by atoms with E-state index in [2.05, 4.69) is 17.1 Å². The van der Waals surface area contributed by atoms with Crippen LogP contribution in [0.25, 0.3) is 22.0 Å². The molecule has 1 heterocycles. The minimum atomic E-state index is 0.741. The summed E-state index contributed by atoms with van der Waals surface area (Å²) in [5.41, 5.74) is 3.26. The highest BCUT2D eigenvalue weighted by molar-refractivity contribution is 5.97. The number of H-pyrrole nitrogens is 1. The molecule has 3 rings (SSSR count). The fourth-order valence-corrected chi connectivity index (χ4v) is 2.39. The highest BCUT2D eigenvalue weighted by Gasteiger charge is 2.14. The highest BCUT2D eigenvalue weighted by atomic mass is 16.5. The summed E-state index contributed by atoms with van der Waals surface area (Å²) in [7, 11) is 3.31. The van der Waals surface area contributed by atoms with E-state index in [0.717, 1.165) is 28.1 Å². The molecule has 0 amide bonds. The van der Waals surface area contributed by atoms with Gasteiger partial charge in [0.05, 0.1) is 14.2 Å². The van der Waals surface area contributed by atoms with Crippen LogP contribution in [0.3, 0.4) is 0 Å². The number of rotatable bonds is 3. The number of hydrogen-bond acceptors (Lipinski definition) is 2. The Bertz CT molecular complexity index is 716. The normalized spacial score (nSPS) is 10.6. The predicted molar refractivity (Wildman–Crippen MR) is 76.8 cm³/mol. The van der Waals surface area contributed by atoms with Crippen molar-refractivity contribution in [2.45, 2.75) is 0 Å². The molecule has 0 aliphatic carbocycles. The second kappa shape index (κ2) is 4.69. The molecule has 0 saturated carbocycles. The molecule has 0 spiro atoms. The number of para-hydroxylation sites is 2. The van der Waals surface area contributed by atoms with E-state index in [4.69, 9.17) is 9.47 Å². The van der Waals surface area contributed by atoms with Crippen LogP contribution in [-0.2, 0) is 0 Å². The summed E-state index contributed by atoms with van der Waals surface area (Å²) >= 11 is 0. The monoisotopic (exact) mass is 253 g/mol. The zero-order chi connectivity index (χ0) is 13.2. The van der Waals surface area contributed by atoms with Crippen molar-refractivity contribution in [1.82, 2.24) is 4.98 Å². The number of hydrogen-bond donors (Lipinski definition) is 1. The molecule has 1 N–H and O–H groups in total. The minimum absolute atomic E-state index is 0.741. The Kier molecular flexibility index (Phi) is 2.88. The summed E-state index contributed by atoms with van der Waals surface area (Å²) in [6, 6.07) is 14.1. The van der Waals surface area contributed by atoms with Crippen molar-refractivity contribution < 1.29 is 9.47 Å². The Labute approximate surface area is 111 Å². The van der Waals surface area contributed by atoms with E-state index in [1.165, 1.54) is 5.39 Å². The Morgan fingerprint density at radius 3 is 2.47 bits per heavy atom. The maximum atomic E-state index is 5.50. The number of methoxy groups -OCH3 is 2. The van der Waals surface area contributed by atoms with Crippen LogP contribution in [-0.4, -0.2) is 19.2 Å². The van der Waals surface area contributed by atoms with Crippen LogP contribution in [0.15, 0.2) is 48.7 Å². The number of ether oxygens (including phenoxy) is 2. The molecule has 0 bridgehead atoms. The van der Waals surface area contributed by atoms with Crippen LogP contribution in [0.5, 0.6) is 11.5 Å². The fraction of sp³-hybridized carbons (Fsp3) is 0.125. The van der Waals surface area contributed by atoms with Crippen LogP contribution in [0, 0.1) is 0 Å². The highest BCUT2D eigenvalue weighted by Crippen LogP contribution is 2.40. The van der Waals surface area contributed by atoms with Crippen molar-refractivity contribution in [1.29, 1.82) is 0 Å². The summed E-state index contributed by atoms with van der Waals surface area (Å²) in [6.45, 7) is 0. The molecule has 0 fully saturated rings. The average molecular weight is 253 g/mol. The topological polar surface area (TPSA) is 34.2 Å². The number of aromatic amines is 1. The molecular formula is C16H15NO2. The Morgan fingerprint density at radius 2 is 1.68 bits per heavy atom. The maximum absolute atomic E-state index is 5.50. The van der Waals surface area contributed by atoms with Gasteiger partial charge in [-0.15, -0.1) is 0 Å². The van der Waals surface area contributed by atoms with Gasteiger partial charge in [-0.3, -0.25) is 0 Å². The van der Waals surface area contributed by atoms with E-state index in [1.54, 1.807) is 14.2 Å². The molecular weight excluding hydrogens is 238 g/mol. The van der Waals surface area contributed by atoms with Gasteiger partial charge in [0.15, 0.2) is 11.5 Å². The van der Waals surface area contributed by atoms with E-state index in [1.807, 2.05) is 36.5 Å². The second-order valence-corrected chi connectivity index (χ2v) is 4.29. The number of benzene rings is 2. The molecule has 1 aromatic heterocycles. The largest absolute Gasteiger partial charge is 0.493 e. The lowest BCUT2D eigenvalue weighted by Gasteiger charge is -2.11. The third-order valence-corrected chi connectivity index (χ3v) is 3.28. The van der Waals surface area contributed by atoms with E-state index in [9.17, 15) is 0 Å². The quantitative estimate of drug-likeness (QED) is 0.769. The molecule has 0 atom stereocenters. The van der Waals surface area contributed by atoms with Crippen LogP contribution in [0.1, 0.15) is 0 Å². The van der Waals surface area contributed by atoms with Crippen LogP contribution in [0.4, 0.5) is 0 Å². The van der Waals surface area contributed by atoms with Gasteiger partial charge in [0.25, 0.3) is 0 Å². The van der Waals surface area contributed by atoms with Crippen molar-refractivity contribution >= 4 is 10.9 Å². The molecule has 0 saturated heterocycles. The second-order valence-electron chi connectivity index (χ2n) is 4.29. The zero-order valence-corrected chi connectivity index (χ0v) is 10.9. The summed E-state index contributed by atoms with van der Waals surface area (Å²) in [5.74, 6) is 1.50. The van der Waals surface area contributed by atoms with Gasteiger partial charge in [-0.25, -0.2) is 0 Å². The third kappa shape index (κ3) is 1.83. The first-order valence-electron chi connectivity index (χ1n) is 6.12. The minimum Gasteiger partial charge on any atom is -0.493 e. The van der Waals surface area contributed by atoms with Crippen LogP contribution < -0.4 is 9.47 Å². The summed E-state index contributed by atoms with van der Waals surface area (Å²) in [4.78, 5) is 3.28. The molecule has 0 unspecified atom stereocenters. The first kappa shape index (κ1) is 11.7. The van der Waals surface area contributed by atoms with Crippen molar-refractivity contribution in [2.75, 3.05) is 14.2 Å². The third-order valence-electron chi connectivity index (χ3n) is 3.28. The lowest BCUT2D eigenvalue weighted by atomic mass is 10.0. The Hall–Kier alpha value is -2.42. The number of aromatic nitrogens is 1. The summed E-state index contributed by atoms with van der Waals surface area (Å²) in [6.07, 6.45) is 2.00. The predicted octanol–water partition coefficient (Wildman–Crippen LogP) is 3.85. The molecule has 3 aromatic rings. The standard InChI is InChI=1S/C16H15NO2/c1-18-15-9-5-7-12(16(15)19-2)13-10-17-14-8-4-3-6-11(13)14/h3-10,17H,1-2H3. The molecule has 3 nitrogen and oxygen atoms in total. The van der Waals surface area contributed by atoms with E-state index < -0.39 is 0 Å². The van der Waals surface area contributed by atoms with Gasteiger partial charge in [-0.2, -0.15) is 0 Å². The zero-order valence-electron chi connectivity index (χ0n) is 10.9. The van der Waals surface area contributed by atoms with Crippen LogP contribution >= 0.6 is 0 Å². The molecule has 0 aliphatic rings. The maximum Gasteiger partial charge on any atom is 0.168 e. The summed E-state index contributed by atoms with van der Waals surface area (Å²) < 4.78 is 10.9.